The number of rotatable bonds is 3. The lowest BCUT2D eigenvalue weighted by molar-refractivity contribution is -0.123. The summed E-state index contributed by atoms with van der Waals surface area (Å²) in [6.07, 6.45) is 14.1. The van der Waals surface area contributed by atoms with Gasteiger partial charge in [0.15, 0.2) is 0 Å². The summed E-state index contributed by atoms with van der Waals surface area (Å²) in [5.41, 5.74) is 0. The highest BCUT2D eigenvalue weighted by Gasteiger charge is 2.40. The Balaban J connectivity index is 1.69. The van der Waals surface area contributed by atoms with E-state index in [0.29, 0.717) is 17.7 Å². The highest BCUT2D eigenvalue weighted by Crippen LogP contribution is 2.38. The molecule has 2 heteroatoms. The van der Waals surface area contributed by atoms with Crippen molar-refractivity contribution in [3.63, 3.8) is 0 Å². The molecule has 4 atom stereocenters. The molecule has 2 saturated carbocycles. The summed E-state index contributed by atoms with van der Waals surface area (Å²) in [5.74, 6) is 1.90. The maximum atomic E-state index is 12.2. The molecule has 0 amide bonds. The Kier molecular flexibility index (Phi) is 4.80. The van der Waals surface area contributed by atoms with Crippen molar-refractivity contribution in [2.75, 3.05) is 6.54 Å². The van der Waals surface area contributed by atoms with Gasteiger partial charge in [-0.25, -0.2) is 0 Å². The molecular formula is C18H31NO. The van der Waals surface area contributed by atoms with E-state index in [4.69, 9.17) is 0 Å². The molecule has 0 aromatic carbocycles. The van der Waals surface area contributed by atoms with Crippen LogP contribution in [0.5, 0.6) is 0 Å². The average molecular weight is 277 g/mol. The minimum atomic E-state index is 0.386. The lowest BCUT2D eigenvalue weighted by Gasteiger charge is -2.46. The lowest BCUT2D eigenvalue weighted by atomic mass is 9.80. The molecule has 1 saturated heterocycles. The third-order valence-corrected chi connectivity index (χ3v) is 6.21. The topological polar surface area (TPSA) is 20.3 Å². The fourth-order valence-electron chi connectivity index (χ4n) is 5.05. The second kappa shape index (κ2) is 6.60. The first-order valence-electron chi connectivity index (χ1n) is 9.08. The number of likely N-dealkylation sites (tertiary alicyclic amines) is 1. The number of Topliss-reactive ketones (excluding diaryl/α,β-unsaturated/α-hetero) is 1. The number of hydrogen-bond donors (Lipinski definition) is 0. The van der Waals surface area contributed by atoms with Gasteiger partial charge in [0.05, 0.1) is 0 Å². The molecule has 4 unspecified atom stereocenters. The first-order chi connectivity index (χ1) is 9.79. The summed E-state index contributed by atoms with van der Waals surface area (Å²) in [6.45, 7) is 3.61. The molecule has 2 aliphatic carbocycles. The number of carbonyl (C=O) groups excluding carboxylic acids is 1. The van der Waals surface area contributed by atoms with Crippen LogP contribution >= 0.6 is 0 Å². The number of piperidine rings is 1. The average Bonchev–Trinajstić information content (AvgIpc) is 2.93. The van der Waals surface area contributed by atoms with Gasteiger partial charge in [-0.2, -0.15) is 0 Å². The predicted molar refractivity (Wildman–Crippen MR) is 82.7 cm³/mol. The molecule has 0 radical (unpaired) electrons. The SMILES string of the molecule is CCC1CCCC(N2CCCCC2C2CCCC2=O)C1. The maximum Gasteiger partial charge on any atom is 0.137 e. The van der Waals surface area contributed by atoms with Crippen LogP contribution in [0.1, 0.15) is 77.6 Å². The minimum absolute atomic E-state index is 0.386. The zero-order chi connectivity index (χ0) is 13.9. The Labute approximate surface area is 124 Å². The molecule has 0 N–H and O–H groups in total. The number of nitrogens with zero attached hydrogens (tertiary/aromatic N) is 1. The molecule has 1 heterocycles. The van der Waals surface area contributed by atoms with E-state index in [-0.39, 0.29) is 0 Å². The molecule has 0 aromatic rings. The van der Waals surface area contributed by atoms with Crippen LogP contribution in [-0.4, -0.2) is 29.3 Å². The number of ketones is 1. The largest absolute Gasteiger partial charge is 0.299 e. The molecule has 114 valence electrons. The molecule has 2 nitrogen and oxygen atoms in total. The van der Waals surface area contributed by atoms with Crippen molar-refractivity contribution in [2.24, 2.45) is 11.8 Å². The fraction of sp³-hybridized carbons (Fsp3) is 0.944. The van der Waals surface area contributed by atoms with Gasteiger partial charge in [0, 0.05) is 24.4 Å². The molecule has 3 rings (SSSR count). The van der Waals surface area contributed by atoms with E-state index in [1.807, 2.05) is 0 Å². The smallest absolute Gasteiger partial charge is 0.137 e. The van der Waals surface area contributed by atoms with E-state index in [0.717, 1.165) is 24.8 Å². The quantitative estimate of drug-likeness (QED) is 0.771. The van der Waals surface area contributed by atoms with E-state index in [1.54, 1.807) is 0 Å². The van der Waals surface area contributed by atoms with Crippen LogP contribution in [0.2, 0.25) is 0 Å². The number of carbonyl (C=O) groups is 1. The standard InChI is InChI=1S/C18H31NO/c1-2-14-7-5-8-15(13-14)19-12-4-3-10-17(19)16-9-6-11-18(16)20/h14-17H,2-13H2,1H3. The van der Waals surface area contributed by atoms with Crippen LogP contribution in [0.15, 0.2) is 0 Å². The summed E-state index contributed by atoms with van der Waals surface area (Å²) in [4.78, 5) is 15.0. The summed E-state index contributed by atoms with van der Waals surface area (Å²) >= 11 is 0. The summed E-state index contributed by atoms with van der Waals surface area (Å²) in [7, 11) is 0. The van der Waals surface area contributed by atoms with Gasteiger partial charge in [0.1, 0.15) is 5.78 Å². The van der Waals surface area contributed by atoms with E-state index in [2.05, 4.69) is 11.8 Å². The Hall–Kier alpha value is -0.370. The molecule has 1 aliphatic heterocycles. The van der Waals surface area contributed by atoms with Gasteiger partial charge in [-0.3, -0.25) is 9.69 Å². The van der Waals surface area contributed by atoms with Crippen LogP contribution in [0, 0.1) is 11.8 Å². The lowest BCUT2D eigenvalue weighted by Crippen LogP contribution is -2.51. The Morgan fingerprint density at radius 3 is 2.70 bits per heavy atom. The summed E-state index contributed by atoms with van der Waals surface area (Å²) in [5, 5.41) is 0. The van der Waals surface area contributed by atoms with Crippen molar-refractivity contribution in [1.82, 2.24) is 4.90 Å². The fourth-order valence-corrected chi connectivity index (χ4v) is 5.05. The first kappa shape index (κ1) is 14.6. The van der Waals surface area contributed by atoms with Crippen molar-refractivity contribution < 1.29 is 4.79 Å². The van der Waals surface area contributed by atoms with Gasteiger partial charge in [-0.1, -0.05) is 32.6 Å². The third-order valence-electron chi connectivity index (χ3n) is 6.21. The van der Waals surface area contributed by atoms with Crippen LogP contribution in [0.3, 0.4) is 0 Å². The maximum absolute atomic E-state index is 12.2. The normalized spacial score (nSPS) is 40.1. The van der Waals surface area contributed by atoms with Crippen LogP contribution in [-0.2, 0) is 4.79 Å². The van der Waals surface area contributed by atoms with Gasteiger partial charge in [-0.05, 0) is 51.0 Å². The third kappa shape index (κ3) is 2.95. The molecule has 3 fully saturated rings. The zero-order valence-electron chi connectivity index (χ0n) is 13.2. The van der Waals surface area contributed by atoms with Gasteiger partial charge in [0.2, 0.25) is 0 Å². The van der Waals surface area contributed by atoms with Gasteiger partial charge < -0.3 is 0 Å². The minimum Gasteiger partial charge on any atom is -0.299 e. The highest BCUT2D eigenvalue weighted by atomic mass is 16.1. The van der Waals surface area contributed by atoms with Crippen molar-refractivity contribution >= 4 is 5.78 Å². The Bertz CT molecular complexity index is 340. The molecule has 0 spiro atoms. The van der Waals surface area contributed by atoms with Crippen molar-refractivity contribution in [3.05, 3.63) is 0 Å². The second-order valence-corrected chi connectivity index (χ2v) is 7.36. The zero-order valence-corrected chi connectivity index (χ0v) is 13.2. The number of hydrogen-bond acceptors (Lipinski definition) is 2. The Morgan fingerprint density at radius 1 is 1.05 bits per heavy atom. The molecule has 20 heavy (non-hydrogen) atoms. The Morgan fingerprint density at radius 2 is 1.95 bits per heavy atom. The molecular weight excluding hydrogens is 246 g/mol. The van der Waals surface area contributed by atoms with Gasteiger partial charge in [-0.15, -0.1) is 0 Å². The van der Waals surface area contributed by atoms with E-state index in [9.17, 15) is 4.79 Å². The van der Waals surface area contributed by atoms with Gasteiger partial charge in [0.25, 0.3) is 0 Å². The van der Waals surface area contributed by atoms with Crippen LogP contribution < -0.4 is 0 Å². The van der Waals surface area contributed by atoms with Gasteiger partial charge >= 0.3 is 0 Å². The molecule has 3 aliphatic rings. The molecule has 0 aromatic heterocycles. The second-order valence-electron chi connectivity index (χ2n) is 7.36. The van der Waals surface area contributed by atoms with E-state index in [1.165, 1.54) is 64.3 Å². The van der Waals surface area contributed by atoms with Crippen molar-refractivity contribution in [3.8, 4) is 0 Å². The van der Waals surface area contributed by atoms with Crippen LogP contribution in [0.4, 0.5) is 0 Å². The van der Waals surface area contributed by atoms with E-state index >= 15 is 0 Å². The highest BCUT2D eigenvalue weighted by molar-refractivity contribution is 5.83. The first-order valence-corrected chi connectivity index (χ1v) is 9.08. The predicted octanol–water partition coefficient (Wildman–Crippen LogP) is 4.18. The van der Waals surface area contributed by atoms with Crippen molar-refractivity contribution in [2.45, 2.75) is 89.6 Å². The summed E-state index contributed by atoms with van der Waals surface area (Å²) in [6, 6.07) is 1.38. The summed E-state index contributed by atoms with van der Waals surface area (Å²) < 4.78 is 0. The monoisotopic (exact) mass is 277 g/mol. The van der Waals surface area contributed by atoms with Crippen LogP contribution in [0.25, 0.3) is 0 Å². The molecule has 0 bridgehead atoms. The van der Waals surface area contributed by atoms with Crippen molar-refractivity contribution in [1.29, 1.82) is 0 Å². The van der Waals surface area contributed by atoms with E-state index < -0.39 is 0 Å².